The zero-order valence-corrected chi connectivity index (χ0v) is 12.2. The molecule has 1 aromatic carbocycles. The molecule has 0 aromatic heterocycles. The van der Waals surface area contributed by atoms with E-state index >= 15 is 0 Å². The molecule has 7 nitrogen and oxygen atoms in total. The lowest BCUT2D eigenvalue weighted by Gasteiger charge is -2.22. The van der Waals surface area contributed by atoms with Gasteiger partial charge in [-0.25, -0.2) is 0 Å². The second-order valence-electron chi connectivity index (χ2n) is 4.50. The normalized spacial score (nSPS) is 10.6. The van der Waals surface area contributed by atoms with Crippen molar-refractivity contribution in [1.29, 1.82) is 5.26 Å². The molecular formula is C14H17N3O4. The van der Waals surface area contributed by atoms with Crippen LogP contribution in [-0.2, 0) is 4.79 Å². The van der Waals surface area contributed by atoms with Crippen molar-refractivity contribution in [1.82, 2.24) is 0 Å². The van der Waals surface area contributed by atoms with Gasteiger partial charge in [0.25, 0.3) is 0 Å². The summed E-state index contributed by atoms with van der Waals surface area (Å²) in [6, 6.07) is 6.14. The number of methoxy groups -OCH3 is 1. The van der Waals surface area contributed by atoms with Crippen LogP contribution in [0.1, 0.15) is 26.7 Å². The Labute approximate surface area is 122 Å². The fraction of sp³-hybridized carbons (Fsp3) is 0.429. The van der Waals surface area contributed by atoms with Gasteiger partial charge in [0.15, 0.2) is 5.75 Å². The van der Waals surface area contributed by atoms with Gasteiger partial charge in [-0.2, -0.15) is 5.26 Å². The Morgan fingerprint density at radius 1 is 1.48 bits per heavy atom. The molecular weight excluding hydrogens is 274 g/mol. The van der Waals surface area contributed by atoms with Crippen molar-refractivity contribution >= 4 is 17.3 Å². The Morgan fingerprint density at radius 2 is 2.10 bits per heavy atom. The fourth-order valence-corrected chi connectivity index (χ4v) is 1.94. The number of carbonyl (C=O) groups is 1. The van der Waals surface area contributed by atoms with Crippen LogP contribution in [0.15, 0.2) is 18.2 Å². The predicted molar refractivity (Wildman–Crippen MR) is 76.9 cm³/mol. The van der Waals surface area contributed by atoms with Crippen LogP contribution >= 0.6 is 0 Å². The molecule has 112 valence electrons. The minimum absolute atomic E-state index is 0.107. The van der Waals surface area contributed by atoms with Crippen molar-refractivity contribution in [3.8, 4) is 11.8 Å². The van der Waals surface area contributed by atoms with Crippen molar-refractivity contribution in [2.75, 3.05) is 12.4 Å². The first-order chi connectivity index (χ1) is 9.93. The van der Waals surface area contributed by atoms with Gasteiger partial charge in [0.2, 0.25) is 5.91 Å². The predicted octanol–water partition coefficient (Wildman–Crippen LogP) is 2.87. The first kappa shape index (κ1) is 16.4. The second-order valence-corrected chi connectivity index (χ2v) is 4.50. The largest absolute Gasteiger partial charge is 0.490 e. The Kier molecular flexibility index (Phi) is 5.24. The maximum Gasteiger partial charge on any atom is 0.312 e. The maximum atomic E-state index is 12.2. The lowest BCUT2D eigenvalue weighted by molar-refractivity contribution is -0.385. The van der Waals surface area contributed by atoms with Gasteiger partial charge >= 0.3 is 5.69 Å². The van der Waals surface area contributed by atoms with Crippen LogP contribution in [0.4, 0.5) is 11.4 Å². The molecule has 1 aromatic rings. The van der Waals surface area contributed by atoms with Crippen LogP contribution in [0.25, 0.3) is 0 Å². The van der Waals surface area contributed by atoms with E-state index in [1.807, 2.05) is 6.07 Å². The van der Waals surface area contributed by atoms with Crippen molar-refractivity contribution < 1.29 is 14.5 Å². The molecule has 1 rings (SSSR count). The van der Waals surface area contributed by atoms with Crippen LogP contribution in [0.2, 0.25) is 0 Å². The summed E-state index contributed by atoms with van der Waals surface area (Å²) in [6.45, 7) is 3.51. The number of carbonyl (C=O) groups excluding carboxylic acids is 1. The van der Waals surface area contributed by atoms with Crippen LogP contribution < -0.4 is 10.1 Å². The molecule has 0 bridgehead atoms. The van der Waals surface area contributed by atoms with E-state index in [1.165, 1.54) is 25.3 Å². The third kappa shape index (κ3) is 3.28. The minimum Gasteiger partial charge on any atom is -0.490 e. The number of hydrogen-bond acceptors (Lipinski definition) is 5. The molecule has 0 aliphatic rings. The van der Waals surface area contributed by atoms with Gasteiger partial charge in [-0.05, 0) is 25.0 Å². The van der Waals surface area contributed by atoms with Crippen LogP contribution in [0, 0.1) is 26.9 Å². The monoisotopic (exact) mass is 291 g/mol. The number of rotatable bonds is 6. The zero-order chi connectivity index (χ0) is 16.0. The third-order valence-electron chi connectivity index (χ3n) is 3.49. The topological polar surface area (TPSA) is 105 Å². The molecule has 0 aliphatic carbocycles. The first-order valence-electron chi connectivity index (χ1n) is 6.49. The number of nitro groups is 1. The number of hydrogen-bond donors (Lipinski definition) is 1. The molecule has 0 fully saturated rings. The number of amides is 1. The highest BCUT2D eigenvalue weighted by molar-refractivity contribution is 5.97. The van der Waals surface area contributed by atoms with E-state index in [1.54, 1.807) is 13.8 Å². The van der Waals surface area contributed by atoms with Gasteiger partial charge in [0.05, 0.1) is 18.1 Å². The first-order valence-corrected chi connectivity index (χ1v) is 6.49. The molecule has 1 amide bonds. The molecule has 0 aliphatic heterocycles. The Hall–Kier alpha value is -2.62. The van der Waals surface area contributed by atoms with Gasteiger partial charge < -0.3 is 10.1 Å². The van der Waals surface area contributed by atoms with E-state index in [2.05, 4.69) is 5.32 Å². The van der Waals surface area contributed by atoms with Gasteiger partial charge in [-0.15, -0.1) is 0 Å². The summed E-state index contributed by atoms with van der Waals surface area (Å²) >= 11 is 0. The van der Waals surface area contributed by atoms with Crippen molar-refractivity contribution in [2.24, 2.45) is 5.41 Å². The van der Waals surface area contributed by atoms with Crippen LogP contribution in [-0.4, -0.2) is 17.9 Å². The van der Waals surface area contributed by atoms with E-state index in [-0.39, 0.29) is 17.1 Å². The molecule has 0 saturated carbocycles. The second kappa shape index (κ2) is 6.70. The highest BCUT2D eigenvalue weighted by Gasteiger charge is 2.35. The Bertz CT molecular complexity index is 588. The average Bonchev–Trinajstić information content (AvgIpc) is 2.49. The van der Waals surface area contributed by atoms with Crippen molar-refractivity contribution in [2.45, 2.75) is 26.7 Å². The molecule has 1 N–H and O–H groups in total. The van der Waals surface area contributed by atoms with E-state index < -0.39 is 16.2 Å². The molecule has 0 atom stereocenters. The van der Waals surface area contributed by atoms with Crippen molar-refractivity contribution in [3.63, 3.8) is 0 Å². The number of anilines is 1. The van der Waals surface area contributed by atoms with E-state index in [0.717, 1.165) is 0 Å². The summed E-state index contributed by atoms with van der Waals surface area (Å²) in [5.41, 5.74) is -1.12. The number of benzene rings is 1. The number of nitrogens with one attached hydrogen (secondary N) is 1. The molecule has 0 saturated heterocycles. The van der Waals surface area contributed by atoms with Gasteiger partial charge in [0, 0.05) is 11.8 Å². The van der Waals surface area contributed by atoms with Gasteiger partial charge in [-0.1, -0.05) is 13.8 Å². The summed E-state index contributed by atoms with van der Waals surface area (Å²) < 4.78 is 4.89. The highest BCUT2D eigenvalue weighted by atomic mass is 16.6. The quantitative estimate of drug-likeness (QED) is 0.640. The summed E-state index contributed by atoms with van der Waals surface area (Å²) in [6.07, 6.45) is 0.730. The third-order valence-corrected chi connectivity index (χ3v) is 3.49. The lowest BCUT2D eigenvalue weighted by Crippen LogP contribution is -2.33. The average molecular weight is 291 g/mol. The van der Waals surface area contributed by atoms with Crippen LogP contribution in [0.3, 0.4) is 0 Å². The molecule has 0 unspecified atom stereocenters. The fourth-order valence-electron chi connectivity index (χ4n) is 1.94. The van der Waals surface area contributed by atoms with E-state index in [0.29, 0.717) is 12.8 Å². The van der Waals surface area contributed by atoms with E-state index in [9.17, 15) is 20.2 Å². The number of nitro benzene ring substituents is 1. The number of nitriles is 1. The van der Waals surface area contributed by atoms with Crippen molar-refractivity contribution in [3.05, 3.63) is 28.3 Å². The summed E-state index contributed by atoms with van der Waals surface area (Å²) in [7, 11) is 1.33. The standard InChI is InChI=1S/C14H17N3O4/c1-4-14(5-2,9-15)13(18)16-10-6-7-12(21-3)11(8-10)17(19)20/h6-8H,4-5H2,1-3H3,(H,16,18). The summed E-state index contributed by atoms with van der Waals surface area (Å²) in [5.74, 6) is -0.356. The van der Waals surface area contributed by atoms with Gasteiger partial charge in [-0.3, -0.25) is 14.9 Å². The van der Waals surface area contributed by atoms with Crippen LogP contribution in [0.5, 0.6) is 5.75 Å². The molecule has 0 heterocycles. The van der Waals surface area contributed by atoms with E-state index in [4.69, 9.17) is 4.74 Å². The zero-order valence-electron chi connectivity index (χ0n) is 12.2. The highest BCUT2D eigenvalue weighted by Crippen LogP contribution is 2.32. The maximum absolute atomic E-state index is 12.2. The summed E-state index contributed by atoms with van der Waals surface area (Å²) in [5, 5.41) is 22.7. The smallest absolute Gasteiger partial charge is 0.312 e. The Balaban J connectivity index is 3.09. The number of nitrogens with zero attached hydrogens (tertiary/aromatic N) is 2. The number of ether oxygens (including phenoxy) is 1. The lowest BCUT2D eigenvalue weighted by atomic mass is 9.83. The minimum atomic E-state index is -1.13. The SMILES string of the molecule is CCC(C#N)(CC)C(=O)Nc1ccc(OC)c([N+](=O)[O-])c1. The molecule has 7 heteroatoms. The molecule has 0 radical (unpaired) electrons. The Morgan fingerprint density at radius 3 is 2.52 bits per heavy atom. The van der Waals surface area contributed by atoms with Gasteiger partial charge in [0.1, 0.15) is 5.41 Å². The molecule has 21 heavy (non-hydrogen) atoms. The molecule has 0 spiro atoms. The summed E-state index contributed by atoms with van der Waals surface area (Å²) in [4.78, 5) is 22.6.